The lowest BCUT2D eigenvalue weighted by atomic mass is 9.94. The van der Waals surface area contributed by atoms with E-state index < -0.39 is 10.0 Å². The minimum atomic E-state index is -3.47. The molecule has 1 aromatic rings. The number of pyridine rings is 1. The van der Waals surface area contributed by atoms with E-state index in [4.69, 9.17) is 0 Å². The molecule has 1 saturated carbocycles. The molecular formula is C14H23N3O2S. The van der Waals surface area contributed by atoms with Crippen molar-refractivity contribution in [3.63, 3.8) is 0 Å². The minimum Gasteiger partial charge on any atom is -0.373 e. The summed E-state index contributed by atoms with van der Waals surface area (Å²) in [7, 11) is -1.72. The molecule has 1 heterocycles. The van der Waals surface area contributed by atoms with Crippen LogP contribution in [0, 0.1) is 11.8 Å². The number of nitrogens with zero attached hydrogens (tertiary/aromatic N) is 1. The number of sulfonamides is 1. The van der Waals surface area contributed by atoms with E-state index in [-0.39, 0.29) is 10.9 Å². The van der Waals surface area contributed by atoms with E-state index in [2.05, 4.69) is 28.9 Å². The molecule has 1 fully saturated rings. The normalized spacial score (nSPS) is 26.6. The summed E-state index contributed by atoms with van der Waals surface area (Å²) in [5.41, 5.74) is 0. The van der Waals surface area contributed by atoms with Gasteiger partial charge in [-0.15, -0.1) is 0 Å². The second-order valence-corrected chi connectivity index (χ2v) is 7.18. The van der Waals surface area contributed by atoms with Gasteiger partial charge in [0.1, 0.15) is 10.7 Å². The summed E-state index contributed by atoms with van der Waals surface area (Å²) < 4.78 is 27.5. The van der Waals surface area contributed by atoms with Crippen LogP contribution in [0.15, 0.2) is 23.2 Å². The van der Waals surface area contributed by atoms with Crippen LogP contribution < -0.4 is 10.0 Å². The van der Waals surface area contributed by atoms with Gasteiger partial charge in [-0.05, 0) is 36.8 Å². The molecule has 0 aliphatic heterocycles. The maximum atomic E-state index is 12.4. The van der Waals surface area contributed by atoms with Gasteiger partial charge in [0.2, 0.25) is 10.0 Å². The lowest BCUT2D eigenvalue weighted by Gasteiger charge is -2.20. The lowest BCUT2D eigenvalue weighted by Crippen LogP contribution is -2.37. The standard InChI is InChI=1S/C14H23N3O2S/c1-4-11-5-7-13(10(11)2)17-20(18,19)12-6-8-14(15-3)16-9-12/h6,8-11,13,17H,4-5,7H2,1-3H3,(H,15,16). The Labute approximate surface area is 121 Å². The molecule has 0 amide bonds. The first-order chi connectivity index (χ1) is 9.47. The molecule has 1 aliphatic carbocycles. The van der Waals surface area contributed by atoms with E-state index in [1.165, 1.54) is 6.20 Å². The van der Waals surface area contributed by atoms with Crippen molar-refractivity contribution in [2.75, 3.05) is 12.4 Å². The molecule has 0 radical (unpaired) electrons. The predicted octanol–water partition coefficient (Wildman–Crippen LogP) is 2.23. The highest BCUT2D eigenvalue weighted by atomic mass is 32.2. The van der Waals surface area contributed by atoms with Gasteiger partial charge < -0.3 is 5.32 Å². The van der Waals surface area contributed by atoms with Crippen molar-refractivity contribution in [3.05, 3.63) is 18.3 Å². The molecule has 2 rings (SSSR count). The van der Waals surface area contributed by atoms with Crippen molar-refractivity contribution < 1.29 is 8.42 Å². The van der Waals surface area contributed by atoms with Crippen LogP contribution in [0.5, 0.6) is 0 Å². The molecule has 0 bridgehead atoms. The van der Waals surface area contributed by atoms with Gasteiger partial charge in [-0.1, -0.05) is 20.3 Å². The third kappa shape index (κ3) is 3.12. The topological polar surface area (TPSA) is 71.1 Å². The van der Waals surface area contributed by atoms with Crippen LogP contribution >= 0.6 is 0 Å². The third-order valence-electron chi connectivity index (χ3n) is 4.36. The first-order valence-electron chi connectivity index (χ1n) is 7.14. The maximum absolute atomic E-state index is 12.4. The zero-order valence-corrected chi connectivity index (χ0v) is 13.1. The third-order valence-corrected chi connectivity index (χ3v) is 5.84. The number of anilines is 1. The van der Waals surface area contributed by atoms with Crippen molar-refractivity contribution in [3.8, 4) is 0 Å². The Kier molecular flexibility index (Phi) is 4.65. The summed E-state index contributed by atoms with van der Waals surface area (Å²) in [6.45, 7) is 4.30. The molecule has 1 aromatic heterocycles. The van der Waals surface area contributed by atoms with Gasteiger partial charge in [0, 0.05) is 19.3 Å². The predicted molar refractivity (Wildman–Crippen MR) is 80.1 cm³/mol. The van der Waals surface area contributed by atoms with Crippen LogP contribution in [-0.2, 0) is 10.0 Å². The summed E-state index contributed by atoms with van der Waals surface area (Å²) in [5.74, 6) is 1.66. The van der Waals surface area contributed by atoms with Crippen molar-refractivity contribution in [1.82, 2.24) is 9.71 Å². The summed E-state index contributed by atoms with van der Waals surface area (Å²) in [4.78, 5) is 4.28. The fraction of sp³-hybridized carbons (Fsp3) is 0.643. The van der Waals surface area contributed by atoms with Crippen LogP contribution in [0.1, 0.15) is 33.1 Å². The molecular weight excluding hydrogens is 274 g/mol. The molecule has 2 N–H and O–H groups in total. The molecule has 5 nitrogen and oxygen atoms in total. The summed E-state index contributed by atoms with van der Waals surface area (Å²) in [6.07, 6.45) is 4.52. The van der Waals surface area contributed by atoms with Gasteiger partial charge in [0.05, 0.1) is 0 Å². The molecule has 3 unspecified atom stereocenters. The molecule has 0 aromatic carbocycles. The van der Waals surface area contributed by atoms with Gasteiger partial charge in [-0.3, -0.25) is 0 Å². The minimum absolute atomic E-state index is 0.0360. The van der Waals surface area contributed by atoms with E-state index in [9.17, 15) is 8.42 Å². The summed E-state index contributed by atoms with van der Waals surface area (Å²) in [5, 5.41) is 2.87. The average Bonchev–Trinajstić information content (AvgIpc) is 2.79. The zero-order chi connectivity index (χ0) is 14.8. The van der Waals surface area contributed by atoms with Gasteiger partial charge >= 0.3 is 0 Å². The maximum Gasteiger partial charge on any atom is 0.242 e. The van der Waals surface area contributed by atoms with E-state index in [1.807, 2.05) is 0 Å². The number of hydrogen-bond acceptors (Lipinski definition) is 4. The first-order valence-corrected chi connectivity index (χ1v) is 8.62. The molecule has 0 spiro atoms. The Morgan fingerprint density at radius 3 is 2.60 bits per heavy atom. The second-order valence-electron chi connectivity index (χ2n) is 5.46. The van der Waals surface area contributed by atoms with Gasteiger partial charge in [0.25, 0.3) is 0 Å². The Bertz CT molecular complexity index is 542. The zero-order valence-electron chi connectivity index (χ0n) is 12.3. The van der Waals surface area contributed by atoms with Gasteiger partial charge in [0.15, 0.2) is 0 Å². The average molecular weight is 297 g/mol. The van der Waals surface area contributed by atoms with Gasteiger partial charge in [-0.25, -0.2) is 18.1 Å². The van der Waals surface area contributed by atoms with Crippen molar-refractivity contribution in [1.29, 1.82) is 0 Å². The molecule has 1 aliphatic rings. The summed E-state index contributed by atoms with van der Waals surface area (Å²) >= 11 is 0. The second kappa shape index (κ2) is 6.10. The smallest absolute Gasteiger partial charge is 0.242 e. The Morgan fingerprint density at radius 2 is 2.10 bits per heavy atom. The van der Waals surface area contributed by atoms with E-state index >= 15 is 0 Å². The van der Waals surface area contributed by atoms with Crippen molar-refractivity contribution >= 4 is 15.8 Å². The molecule has 20 heavy (non-hydrogen) atoms. The highest BCUT2D eigenvalue weighted by molar-refractivity contribution is 7.89. The van der Waals surface area contributed by atoms with Gasteiger partial charge in [-0.2, -0.15) is 0 Å². The SMILES string of the molecule is CCC1CCC(NS(=O)(=O)c2ccc(NC)nc2)C1C. The molecule has 6 heteroatoms. The first kappa shape index (κ1) is 15.3. The molecule has 3 atom stereocenters. The number of nitrogens with one attached hydrogen (secondary N) is 2. The highest BCUT2D eigenvalue weighted by Crippen LogP contribution is 2.34. The van der Waals surface area contributed by atoms with Crippen molar-refractivity contribution in [2.45, 2.75) is 44.0 Å². The Morgan fingerprint density at radius 1 is 1.35 bits per heavy atom. The quantitative estimate of drug-likeness (QED) is 0.874. The Hall–Kier alpha value is -1.14. The van der Waals surface area contributed by atoms with Crippen LogP contribution in [0.2, 0.25) is 0 Å². The largest absolute Gasteiger partial charge is 0.373 e. The Balaban J connectivity index is 2.11. The highest BCUT2D eigenvalue weighted by Gasteiger charge is 2.34. The van der Waals surface area contributed by atoms with Crippen LogP contribution in [-0.4, -0.2) is 26.5 Å². The van der Waals surface area contributed by atoms with E-state index in [0.29, 0.717) is 17.7 Å². The van der Waals surface area contributed by atoms with Crippen LogP contribution in [0.25, 0.3) is 0 Å². The number of hydrogen-bond donors (Lipinski definition) is 2. The molecule has 0 saturated heterocycles. The summed E-state index contributed by atoms with van der Waals surface area (Å²) in [6, 6.07) is 3.29. The van der Waals surface area contributed by atoms with E-state index in [1.54, 1.807) is 19.2 Å². The van der Waals surface area contributed by atoms with Crippen molar-refractivity contribution in [2.24, 2.45) is 11.8 Å². The van der Waals surface area contributed by atoms with Crippen LogP contribution in [0.4, 0.5) is 5.82 Å². The number of aromatic nitrogens is 1. The monoisotopic (exact) mass is 297 g/mol. The number of rotatable bonds is 5. The fourth-order valence-electron chi connectivity index (χ4n) is 2.94. The van der Waals surface area contributed by atoms with E-state index in [0.717, 1.165) is 19.3 Å². The fourth-order valence-corrected chi connectivity index (χ4v) is 4.25. The molecule has 112 valence electrons. The lowest BCUT2D eigenvalue weighted by molar-refractivity contribution is 0.368. The van der Waals surface area contributed by atoms with Crippen LogP contribution in [0.3, 0.4) is 0 Å².